The fraction of sp³-hybridized carbons (Fsp3) is 0.533. The number of nitrogens with zero attached hydrogens (tertiary/aromatic N) is 1. The minimum Gasteiger partial charge on any atom is -0.393 e. The summed E-state index contributed by atoms with van der Waals surface area (Å²) in [5.41, 5.74) is 0.690. The van der Waals surface area contributed by atoms with Gasteiger partial charge in [-0.05, 0) is 43.5 Å². The fourth-order valence-electron chi connectivity index (χ4n) is 2.54. The van der Waals surface area contributed by atoms with Crippen molar-refractivity contribution in [3.8, 4) is 0 Å². The van der Waals surface area contributed by atoms with Crippen LogP contribution in [-0.4, -0.2) is 41.0 Å². The number of hydrogen-bond acceptors (Lipinski definition) is 3. The Balaban J connectivity index is 2.05. The predicted octanol–water partition coefficient (Wildman–Crippen LogP) is 2.61. The molecule has 4 heteroatoms. The molecule has 0 spiro atoms. The van der Waals surface area contributed by atoms with Crippen LogP contribution in [0.5, 0.6) is 0 Å². The monoisotopic (exact) mass is 281 g/mol. The maximum absolute atomic E-state index is 12.4. The van der Waals surface area contributed by atoms with E-state index in [1.807, 2.05) is 13.8 Å². The number of rotatable bonds is 3. The van der Waals surface area contributed by atoms with Gasteiger partial charge in [0.2, 0.25) is 0 Å². The largest absolute Gasteiger partial charge is 0.393 e. The molecular weight excluding hydrogens is 262 g/mol. The number of carbonyl (C=O) groups excluding carboxylic acids is 1. The molecule has 0 saturated carbocycles. The summed E-state index contributed by atoms with van der Waals surface area (Å²) in [7, 11) is 0. The molecule has 0 radical (unpaired) electrons. The first kappa shape index (κ1) is 14.5. The lowest BCUT2D eigenvalue weighted by Gasteiger charge is -2.37. The summed E-state index contributed by atoms with van der Waals surface area (Å²) in [6.45, 7) is 5.49. The molecule has 1 N–H and O–H groups in total. The smallest absolute Gasteiger partial charge is 0.179 e. The Hall–Kier alpha value is -0.900. The summed E-state index contributed by atoms with van der Waals surface area (Å²) in [6, 6.07) is 6.86. The third-order valence-electron chi connectivity index (χ3n) is 3.95. The summed E-state index contributed by atoms with van der Waals surface area (Å²) < 4.78 is 0. The van der Waals surface area contributed by atoms with Gasteiger partial charge in [-0.15, -0.1) is 0 Å². The summed E-state index contributed by atoms with van der Waals surface area (Å²) in [5.74, 6) is 0.328. The van der Waals surface area contributed by atoms with Gasteiger partial charge in [0.05, 0.1) is 12.1 Å². The minimum absolute atomic E-state index is 0.111. The Morgan fingerprint density at radius 3 is 2.63 bits per heavy atom. The molecule has 0 aromatic heterocycles. The first-order chi connectivity index (χ1) is 8.99. The molecule has 1 saturated heterocycles. The first-order valence-corrected chi connectivity index (χ1v) is 7.08. The number of ketones is 1. The van der Waals surface area contributed by atoms with Crippen molar-refractivity contribution in [1.29, 1.82) is 0 Å². The zero-order valence-electron chi connectivity index (χ0n) is 11.3. The Labute approximate surface area is 119 Å². The number of Topliss-reactive ketones (excluding diaryl/α,β-unsaturated/α-hetero) is 1. The number of aliphatic hydroxyl groups excluding tert-OH is 1. The Kier molecular flexibility index (Phi) is 4.61. The maximum atomic E-state index is 12.4. The summed E-state index contributed by atoms with van der Waals surface area (Å²) in [5, 5.41) is 10.4. The Bertz CT molecular complexity index is 446. The SMILES string of the molecule is CC1CN(C(C)C(=O)c2ccc(Cl)cc2)CCC1O. The number of likely N-dealkylation sites (tertiary alicyclic amines) is 1. The van der Waals surface area contributed by atoms with Crippen LogP contribution in [-0.2, 0) is 0 Å². The maximum Gasteiger partial charge on any atom is 0.179 e. The van der Waals surface area contributed by atoms with Gasteiger partial charge in [-0.1, -0.05) is 18.5 Å². The second-order valence-electron chi connectivity index (χ2n) is 5.38. The zero-order chi connectivity index (χ0) is 14.0. The second-order valence-corrected chi connectivity index (χ2v) is 5.81. The van der Waals surface area contributed by atoms with Gasteiger partial charge in [-0.25, -0.2) is 0 Å². The summed E-state index contributed by atoms with van der Waals surface area (Å²) >= 11 is 5.83. The summed E-state index contributed by atoms with van der Waals surface area (Å²) in [4.78, 5) is 14.5. The molecule has 104 valence electrons. The number of hydrogen-bond donors (Lipinski definition) is 1. The molecule has 1 aliphatic rings. The van der Waals surface area contributed by atoms with Crippen molar-refractivity contribution in [2.24, 2.45) is 5.92 Å². The molecule has 1 fully saturated rings. The van der Waals surface area contributed by atoms with Crippen molar-refractivity contribution in [2.45, 2.75) is 32.4 Å². The second kappa shape index (κ2) is 6.04. The molecule has 0 amide bonds. The lowest BCUT2D eigenvalue weighted by atomic mass is 9.94. The fourth-order valence-corrected chi connectivity index (χ4v) is 2.66. The molecule has 1 aromatic carbocycles. The van der Waals surface area contributed by atoms with Crippen molar-refractivity contribution in [1.82, 2.24) is 4.90 Å². The van der Waals surface area contributed by atoms with Gasteiger partial charge in [0.25, 0.3) is 0 Å². The zero-order valence-corrected chi connectivity index (χ0v) is 12.1. The van der Waals surface area contributed by atoms with E-state index < -0.39 is 0 Å². The molecule has 1 heterocycles. The third-order valence-corrected chi connectivity index (χ3v) is 4.20. The molecule has 1 aliphatic heterocycles. The van der Waals surface area contributed by atoms with Crippen LogP contribution in [0.1, 0.15) is 30.6 Å². The van der Waals surface area contributed by atoms with E-state index in [1.54, 1.807) is 24.3 Å². The summed E-state index contributed by atoms with van der Waals surface area (Å²) in [6.07, 6.45) is 0.494. The molecule has 3 atom stereocenters. The highest BCUT2D eigenvalue weighted by Gasteiger charge is 2.30. The highest BCUT2D eigenvalue weighted by molar-refractivity contribution is 6.30. The van der Waals surface area contributed by atoms with E-state index in [1.165, 1.54) is 0 Å². The predicted molar refractivity (Wildman–Crippen MR) is 76.6 cm³/mol. The van der Waals surface area contributed by atoms with Gasteiger partial charge in [0.1, 0.15) is 0 Å². The van der Waals surface area contributed by atoms with Gasteiger partial charge < -0.3 is 5.11 Å². The van der Waals surface area contributed by atoms with E-state index in [4.69, 9.17) is 11.6 Å². The van der Waals surface area contributed by atoms with Crippen LogP contribution in [0.15, 0.2) is 24.3 Å². The number of benzene rings is 1. The standard InChI is InChI=1S/C15H20ClNO2/c1-10-9-17(8-7-14(10)18)11(2)15(19)12-3-5-13(16)6-4-12/h3-6,10-11,14,18H,7-9H2,1-2H3. The highest BCUT2D eigenvalue weighted by Crippen LogP contribution is 2.20. The lowest BCUT2D eigenvalue weighted by molar-refractivity contribution is 0.0205. The normalized spacial score (nSPS) is 26.1. The van der Waals surface area contributed by atoms with Crippen molar-refractivity contribution < 1.29 is 9.90 Å². The molecule has 3 unspecified atom stereocenters. The molecule has 3 nitrogen and oxygen atoms in total. The Morgan fingerprint density at radius 1 is 1.42 bits per heavy atom. The van der Waals surface area contributed by atoms with Gasteiger partial charge in [-0.2, -0.15) is 0 Å². The van der Waals surface area contributed by atoms with Crippen LogP contribution in [0.25, 0.3) is 0 Å². The van der Waals surface area contributed by atoms with Crippen molar-refractivity contribution in [3.63, 3.8) is 0 Å². The van der Waals surface area contributed by atoms with E-state index >= 15 is 0 Å². The van der Waals surface area contributed by atoms with Crippen LogP contribution in [0.2, 0.25) is 5.02 Å². The van der Waals surface area contributed by atoms with E-state index in [-0.39, 0.29) is 23.8 Å². The molecule has 0 aliphatic carbocycles. The molecule has 2 rings (SSSR count). The Morgan fingerprint density at radius 2 is 2.05 bits per heavy atom. The van der Waals surface area contributed by atoms with Crippen LogP contribution in [0.3, 0.4) is 0 Å². The van der Waals surface area contributed by atoms with E-state index in [9.17, 15) is 9.90 Å². The first-order valence-electron chi connectivity index (χ1n) is 6.71. The van der Waals surface area contributed by atoms with Gasteiger partial charge in [0.15, 0.2) is 5.78 Å². The number of aliphatic hydroxyl groups is 1. The average molecular weight is 282 g/mol. The molecular formula is C15H20ClNO2. The van der Waals surface area contributed by atoms with Crippen molar-refractivity contribution >= 4 is 17.4 Å². The van der Waals surface area contributed by atoms with Crippen molar-refractivity contribution in [3.05, 3.63) is 34.9 Å². The lowest BCUT2D eigenvalue weighted by Crippen LogP contribution is -2.48. The third kappa shape index (κ3) is 3.35. The van der Waals surface area contributed by atoms with Gasteiger partial charge in [-0.3, -0.25) is 9.69 Å². The molecule has 19 heavy (non-hydrogen) atoms. The van der Waals surface area contributed by atoms with Crippen LogP contribution < -0.4 is 0 Å². The molecule has 0 bridgehead atoms. The van der Waals surface area contributed by atoms with Crippen molar-refractivity contribution in [2.75, 3.05) is 13.1 Å². The highest BCUT2D eigenvalue weighted by atomic mass is 35.5. The van der Waals surface area contributed by atoms with Gasteiger partial charge >= 0.3 is 0 Å². The number of carbonyl (C=O) groups is 1. The van der Waals surface area contributed by atoms with Crippen LogP contribution in [0.4, 0.5) is 0 Å². The number of piperidine rings is 1. The quantitative estimate of drug-likeness (QED) is 0.866. The van der Waals surface area contributed by atoms with E-state index in [0.717, 1.165) is 19.5 Å². The topological polar surface area (TPSA) is 40.5 Å². The van der Waals surface area contributed by atoms with Crippen LogP contribution in [0, 0.1) is 5.92 Å². The van der Waals surface area contributed by atoms with Gasteiger partial charge in [0, 0.05) is 23.7 Å². The van der Waals surface area contributed by atoms with Crippen LogP contribution >= 0.6 is 11.6 Å². The molecule has 1 aromatic rings. The number of halogens is 1. The minimum atomic E-state index is -0.242. The average Bonchev–Trinajstić information content (AvgIpc) is 2.41. The van der Waals surface area contributed by atoms with E-state index in [0.29, 0.717) is 10.6 Å². The van der Waals surface area contributed by atoms with E-state index in [2.05, 4.69) is 4.90 Å².